The van der Waals surface area contributed by atoms with Gasteiger partial charge in [-0.25, -0.2) is 9.80 Å². The van der Waals surface area contributed by atoms with Gasteiger partial charge in [-0.2, -0.15) is 0 Å². The number of ether oxygens (including phenoxy) is 1. The van der Waals surface area contributed by atoms with Crippen molar-refractivity contribution in [1.82, 2.24) is 15.4 Å². The minimum absolute atomic E-state index is 0.0293. The Morgan fingerprint density at radius 2 is 1.69 bits per heavy atom. The van der Waals surface area contributed by atoms with E-state index in [4.69, 9.17) is 10.5 Å². The highest BCUT2D eigenvalue weighted by Gasteiger charge is 2.27. The van der Waals surface area contributed by atoms with Crippen LogP contribution < -0.4 is 11.2 Å². The topological polar surface area (TPSA) is 135 Å². The van der Waals surface area contributed by atoms with Crippen molar-refractivity contribution in [3.05, 3.63) is 95.3 Å². The molecule has 0 unspecified atom stereocenters. The lowest BCUT2D eigenvalue weighted by atomic mass is 10.1. The van der Waals surface area contributed by atoms with E-state index in [0.717, 1.165) is 27.4 Å². The number of nitrogens with two attached hydrogens (primary N) is 1. The normalized spacial score (nSPS) is 11.1. The summed E-state index contributed by atoms with van der Waals surface area (Å²) in [4.78, 5) is 53.9. The lowest BCUT2D eigenvalue weighted by Crippen LogP contribution is -2.47. The highest BCUT2D eigenvalue weighted by atomic mass is 16.5. The second-order valence-corrected chi connectivity index (χ2v) is 8.92. The van der Waals surface area contributed by atoms with Gasteiger partial charge in [-0.05, 0) is 56.4 Å². The van der Waals surface area contributed by atoms with Crippen molar-refractivity contribution in [2.45, 2.75) is 46.0 Å². The van der Waals surface area contributed by atoms with Gasteiger partial charge in [-0.3, -0.25) is 19.8 Å². The number of hydrogen-bond acceptors (Lipinski definition) is 5. The number of hydrazine groups is 1. The Morgan fingerprint density at radius 1 is 0.974 bits per heavy atom. The van der Waals surface area contributed by atoms with E-state index >= 15 is 0 Å². The van der Waals surface area contributed by atoms with Crippen LogP contribution in [-0.4, -0.2) is 40.3 Å². The van der Waals surface area contributed by atoms with Crippen LogP contribution in [0, 0.1) is 6.92 Å². The Morgan fingerprint density at radius 3 is 2.38 bits per heavy atom. The number of carbonyl (C=O) groups excluding carboxylic acids is 4. The van der Waals surface area contributed by atoms with Gasteiger partial charge in [0.1, 0.15) is 11.4 Å². The molecule has 4 N–H and O–H groups in total. The summed E-state index contributed by atoms with van der Waals surface area (Å²) in [6, 6.07) is 20.6. The quantitative estimate of drug-likeness (QED) is 0.140. The van der Waals surface area contributed by atoms with Crippen LogP contribution in [0.1, 0.15) is 54.2 Å². The van der Waals surface area contributed by atoms with Gasteiger partial charge in [0.05, 0.1) is 6.61 Å². The van der Waals surface area contributed by atoms with Gasteiger partial charge in [0.25, 0.3) is 5.91 Å². The number of aryl methyl sites for hydroxylation is 2. The third-order valence-corrected chi connectivity index (χ3v) is 5.99. The fourth-order valence-corrected chi connectivity index (χ4v) is 3.97. The first-order chi connectivity index (χ1) is 18.8. The molecular formula is C30H34N4O5. The molecule has 0 aliphatic carbocycles. The van der Waals surface area contributed by atoms with E-state index in [-0.39, 0.29) is 37.3 Å². The molecule has 9 nitrogen and oxygen atoms in total. The minimum atomic E-state index is -0.767. The smallest absolute Gasteiger partial charge is 0.356 e. The fraction of sp³-hybridized carbons (Fsp3) is 0.267. The number of aromatic amines is 1. The minimum Gasteiger partial charge on any atom is -0.461 e. The average Bonchev–Trinajstić information content (AvgIpc) is 3.42. The van der Waals surface area contributed by atoms with Crippen LogP contribution in [0.4, 0.5) is 0 Å². The van der Waals surface area contributed by atoms with Crippen LogP contribution in [0.25, 0.3) is 11.3 Å². The van der Waals surface area contributed by atoms with E-state index in [0.29, 0.717) is 12.8 Å². The number of aromatic nitrogens is 1. The summed E-state index contributed by atoms with van der Waals surface area (Å²) in [5.41, 5.74) is 11.6. The van der Waals surface area contributed by atoms with Crippen molar-refractivity contribution >= 4 is 23.7 Å². The van der Waals surface area contributed by atoms with Gasteiger partial charge in [0.15, 0.2) is 0 Å². The van der Waals surface area contributed by atoms with Gasteiger partial charge >= 0.3 is 5.97 Å². The number of allylic oxidation sites excluding steroid dienone is 1. The molecule has 3 amide bonds. The first kappa shape index (κ1) is 28.9. The van der Waals surface area contributed by atoms with E-state index in [2.05, 4.69) is 10.4 Å². The van der Waals surface area contributed by atoms with Crippen molar-refractivity contribution in [3.63, 3.8) is 0 Å². The van der Waals surface area contributed by atoms with Crippen LogP contribution in [-0.2, 0) is 25.5 Å². The van der Waals surface area contributed by atoms with E-state index < -0.39 is 23.7 Å². The summed E-state index contributed by atoms with van der Waals surface area (Å²) in [7, 11) is 0. The molecule has 0 saturated heterocycles. The summed E-state index contributed by atoms with van der Waals surface area (Å²) in [6.07, 6.45) is 2.68. The first-order valence-electron chi connectivity index (χ1n) is 12.9. The molecule has 3 aromatic rings. The molecule has 204 valence electrons. The number of H-pyrrole nitrogens is 1. The Kier molecular flexibility index (Phi) is 10.6. The summed E-state index contributed by atoms with van der Waals surface area (Å²) in [5.74, 6) is -2.33. The number of hydrogen-bond donors (Lipinski definition) is 3. The third-order valence-electron chi connectivity index (χ3n) is 5.99. The van der Waals surface area contributed by atoms with Crippen molar-refractivity contribution in [1.29, 1.82) is 0 Å². The van der Waals surface area contributed by atoms with Gasteiger partial charge in [0.2, 0.25) is 11.8 Å². The van der Waals surface area contributed by atoms with Crippen LogP contribution in [0.2, 0.25) is 0 Å². The monoisotopic (exact) mass is 530 g/mol. The number of amides is 3. The van der Waals surface area contributed by atoms with Crippen LogP contribution in [0.5, 0.6) is 0 Å². The Hall–Kier alpha value is -4.66. The number of rotatable bonds is 12. The molecule has 9 heteroatoms. The number of unbranched alkanes of at least 4 members (excludes halogenated alkanes) is 1. The zero-order valence-electron chi connectivity index (χ0n) is 22.2. The molecule has 0 atom stereocenters. The molecular weight excluding hydrogens is 496 g/mol. The molecule has 0 fully saturated rings. The van der Waals surface area contributed by atoms with Gasteiger partial charge in [-0.1, -0.05) is 60.7 Å². The second-order valence-electron chi connectivity index (χ2n) is 8.92. The van der Waals surface area contributed by atoms with Crippen molar-refractivity contribution in [3.8, 4) is 11.3 Å². The Bertz CT molecular complexity index is 1330. The summed E-state index contributed by atoms with van der Waals surface area (Å²) < 4.78 is 5.19. The summed E-state index contributed by atoms with van der Waals surface area (Å²) in [5, 5.41) is 0.946. The SMILES string of the molecule is CCOC(=O)/C(=C/CCCC(N)=O)N(NC(=O)c1ccc(-c2ccccc2C)[nH]1)C(=O)CCc1ccccc1. The third kappa shape index (κ3) is 8.43. The van der Waals surface area contributed by atoms with E-state index in [9.17, 15) is 19.2 Å². The number of nitrogens with zero attached hydrogens (tertiary/aromatic N) is 1. The zero-order chi connectivity index (χ0) is 28.2. The molecule has 3 rings (SSSR count). The summed E-state index contributed by atoms with van der Waals surface area (Å²) in [6.45, 7) is 3.69. The van der Waals surface area contributed by atoms with E-state index in [1.807, 2.05) is 61.5 Å². The molecule has 1 aromatic heterocycles. The van der Waals surface area contributed by atoms with Crippen LogP contribution >= 0.6 is 0 Å². The molecule has 0 radical (unpaired) electrons. The molecule has 0 saturated carbocycles. The van der Waals surface area contributed by atoms with E-state index in [1.165, 1.54) is 6.08 Å². The number of benzene rings is 2. The van der Waals surface area contributed by atoms with Gasteiger partial charge < -0.3 is 15.5 Å². The predicted octanol–water partition coefficient (Wildman–Crippen LogP) is 4.20. The standard InChI is InChI=1S/C30H34N4O5/c1-3-39-30(38)26(15-9-10-16-27(31)35)34(28(36)20-17-22-12-5-4-6-13-22)33-29(37)25-19-18-24(32-25)23-14-8-7-11-21(23)2/h4-8,11-15,18-19,32H,3,9-10,16-17,20H2,1-2H3,(H2,31,35)(H,33,37)/b26-15-. The molecule has 39 heavy (non-hydrogen) atoms. The second kappa shape index (κ2) is 14.3. The van der Waals surface area contributed by atoms with Crippen LogP contribution in [0.3, 0.4) is 0 Å². The molecule has 1 heterocycles. The summed E-state index contributed by atoms with van der Waals surface area (Å²) >= 11 is 0. The fourth-order valence-electron chi connectivity index (χ4n) is 3.97. The Balaban J connectivity index is 1.88. The van der Waals surface area contributed by atoms with Crippen LogP contribution in [0.15, 0.2) is 78.5 Å². The molecule has 0 bridgehead atoms. The van der Waals surface area contributed by atoms with Gasteiger partial charge in [-0.15, -0.1) is 0 Å². The number of primary amides is 1. The largest absolute Gasteiger partial charge is 0.461 e. The number of carbonyl (C=O) groups is 4. The highest BCUT2D eigenvalue weighted by Crippen LogP contribution is 2.22. The average molecular weight is 531 g/mol. The zero-order valence-corrected chi connectivity index (χ0v) is 22.2. The molecule has 0 aliphatic rings. The lowest BCUT2D eigenvalue weighted by molar-refractivity contribution is -0.145. The van der Waals surface area contributed by atoms with E-state index in [1.54, 1.807) is 19.1 Å². The number of nitrogens with one attached hydrogen (secondary N) is 2. The first-order valence-corrected chi connectivity index (χ1v) is 12.9. The maximum Gasteiger partial charge on any atom is 0.356 e. The maximum atomic E-state index is 13.4. The van der Waals surface area contributed by atoms with Crippen molar-refractivity contribution in [2.75, 3.05) is 6.61 Å². The van der Waals surface area contributed by atoms with Gasteiger partial charge in [0, 0.05) is 24.1 Å². The van der Waals surface area contributed by atoms with Crippen molar-refractivity contribution in [2.24, 2.45) is 5.73 Å². The maximum absolute atomic E-state index is 13.4. The number of esters is 1. The van der Waals surface area contributed by atoms with Crippen molar-refractivity contribution < 1.29 is 23.9 Å². The highest BCUT2D eigenvalue weighted by molar-refractivity contribution is 5.98. The molecule has 0 spiro atoms. The molecule has 0 aliphatic heterocycles. The molecule has 2 aromatic carbocycles. The Labute approximate surface area is 228 Å². The predicted molar refractivity (Wildman–Crippen MR) is 148 cm³/mol. The lowest BCUT2D eigenvalue weighted by Gasteiger charge is -2.25.